The van der Waals surface area contributed by atoms with Crippen LogP contribution in [0.15, 0.2) is 48.5 Å². The van der Waals surface area contributed by atoms with Crippen LogP contribution in [0.25, 0.3) is 0 Å². The number of hydrogen-bond donors (Lipinski definition) is 1. The molecule has 0 radical (unpaired) electrons. The Kier molecular flexibility index (Phi) is 7.75. The summed E-state index contributed by atoms with van der Waals surface area (Å²) in [5.41, 5.74) is 1.43. The van der Waals surface area contributed by atoms with Gasteiger partial charge in [0.15, 0.2) is 0 Å². The van der Waals surface area contributed by atoms with E-state index in [9.17, 15) is 13.2 Å². The number of nitrogens with zero attached hydrogens (tertiary/aromatic N) is 1. The van der Waals surface area contributed by atoms with Gasteiger partial charge in [0.05, 0.1) is 11.9 Å². The lowest BCUT2D eigenvalue weighted by atomic mass is 10.1. The van der Waals surface area contributed by atoms with E-state index in [-0.39, 0.29) is 17.6 Å². The van der Waals surface area contributed by atoms with Gasteiger partial charge in [0, 0.05) is 16.1 Å². The minimum atomic E-state index is -3.73. The molecule has 28 heavy (non-hydrogen) atoms. The summed E-state index contributed by atoms with van der Waals surface area (Å²) in [5, 5.41) is 3.47. The van der Waals surface area contributed by atoms with Crippen molar-refractivity contribution in [3.05, 3.63) is 64.1 Å². The second-order valence-corrected chi connectivity index (χ2v) is 9.53. The summed E-state index contributed by atoms with van der Waals surface area (Å²) in [6.07, 6.45) is 2.60. The molecule has 2 aromatic carbocycles. The molecule has 0 heterocycles. The van der Waals surface area contributed by atoms with E-state index < -0.39 is 16.1 Å². The van der Waals surface area contributed by atoms with Crippen molar-refractivity contribution in [2.45, 2.75) is 38.8 Å². The number of halogens is 2. The molecule has 0 aliphatic heterocycles. The molecule has 152 valence electrons. The fraction of sp³-hybridized carbons (Fsp3) is 0.350. The molecule has 5 nitrogen and oxygen atoms in total. The monoisotopic (exact) mass is 442 g/mol. The van der Waals surface area contributed by atoms with Gasteiger partial charge in [0.25, 0.3) is 0 Å². The Balaban J connectivity index is 2.11. The van der Waals surface area contributed by atoms with Crippen molar-refractivity contribution in [1.29, 1.82) is 0 Å². The molecule has 0 saturated heterocycles. The first-order chi connectivity index (χ1) is 13.1. The lowest BCUT2D eigenvalue weighted by Crippen LogP contribution is -2.50. The molecular formula is C20H24Cl2N2O3S. The highest BCUT2D eigenvalue weighted by atomic mass is 35.5. The third-order valence-electron chi connectivity index (χ3n) is 4.29. The molecule has 0 aliphatic rings. The maximum Gasteiger partial charge on any atom is 0.243 e. The average molecular weight is 443 g/mol. The summed E-state index contributed by atoms with van der Waals surface area (Å²) in [6.45, 7) is 3.43. The molecule has 0 unspecified atom stereocenters. The number of benzene rings is 2. The lowest BCUT2D eigenvalue weighted by Gasteiger charge is -2.29. The molecule has 0 bridgehead atoms. The number of carbonyl (C=O) groups excluding carboxylic acids is 1. The zero-order valence-corrected chi connectivity index (χ0v) is 18.4. The van der Waals surface area contributed by atoms with Crippen LogP contribution in [0.5, 0.6) is 0 Å². The van der Waals surface area contributed by atoms with Gasteiger partial charge in [-0.15, -0.1) is 0 Å². The van der Waals surface area contributed by atoms with Gasteiger partial charge in [-0.2, -0.15) is 0 Å². The minimum absolute atomic E-state index is 0.112. The third kappa shape index (κ3) is 6.40. The smallest absolute Gasteiger partial charge is 0.243 e. The molecule has 1 amide bonds. The highest BCUT2D eigenvalue weighted by Gasteiger charge is 2.30. The molecular weight excluding hydrogens is 419 g/mol. The summed E-state index contributed by atoms with van der Waals surface area (Å²) < 4.78 is 25.7. The number of rotatable bonds is 8. The third-order valence-corrected chi connectivity index (χ3v) is 5.97. The van der Waals surface area contributed by atoms with Gasteiger partial charge >= 0.3 is 0 Å². The van der Waals surface area contributed by atoms with Crippen LogP contribution in [0.4, 0.5) is 5.69 Å². The van der Waals surface area contributed by atoms with E-state index >= 15 is 0 Å². The normalized spacial score (nSPS) is 13.6. The van der Waals surface area contributed by atoms with Gasteiger partial charge in [-0.1, -0.05) is 53.5 Å². The number of amides is 1. The van der Waals surface area contributed by atoms with Gasteiger partial charge in [-0.25, -0.2) is 8.42 Å². The fourth-order valence-corrected chi connectivity index (χ4v) is 4.61. The highest BCUT2D eigenvalue weighted by Crippen LogP contribution is 2.28. The molecule has 0 aliphatic carbocycles. The first-order valence-electron chi connectivity index (χ1n) is 8.87. The standard InChI is InChI=1S/C20H24Cl2N2O3S/c1-14(9-10-16-7-5-4-6-8-16)23-20(25)15(2)24(28(3,26)27)19-12-17(21)11-18(22)13-19/h4-8,11-15H,9-10H2,1-3H3,(H,23,25)/t14-,15+/m0/s1. The first-order valence-corrected chi connectivity index (χ1v) is 11.5. The van der Waals surface area contributed by atoms with E-state index in [0.717, 1.165) is 23.4 Å². The Hall–Kier alpha value is -1.76. The zero-order chi connectivity index (χ0) is 20.9. The summed E-state index contributed by atoms with van der Waals surface area (Å²) in [6, 6.07) is 13.3. The van der Waals surface area contributed by atoms with E-state index in [2.05, 4.69) is 5.32 Å². The van der Waals surface area contributed by atoms with Gasteiger partial charge in [-0.05, 0) is 50.5 Å². The maximum atomic E-state index is 12.7. The van der Waals surface area contributed by atoms with E-state index in [4.69, 9.17) is 23.2 Å². The Morgan fingerprint density at radius 1 is 1.07 bits per heavy atom. The number of carbonyl (C=O) groups is 1. The van der Waals surface area contributed by atoms with Crippen molar-refractivity contribution in [2.75, 3.05) is 10.6 Å². The number of aryl methyl sites for hydroxylation is 1. The molecule has 1 N–H and O–H groups in total. The number of nitrogens with one attached hydrogen (secondary N) is 1. The van der Waals surface area contributed by atoms with Crippen LogP contribution in [-0.4, -0.2) is 32.7 Å². The van der Waals surface area contributed by atoms with Gasteiger partial charge < -0.3 is 5.32 Å². The van der Waals surface area contributed by atoms with Crippen molar-refractivity contribution in [1.82, 2.24) is 5.32 Å². The molecule has 0 spiro atoms. The van der Waals surface area contributed by atoms with Crippen LogP contribution >= 0.6 is 23.2 Å². The summed E-state index contributed by atoms with van der Waals surface area (Å²) in [4.78, 5) is 12.7. The SMILES string of the molecule is C[C@H](C(=O)N[C@@H](C)CCc1ccccc1)N(c1cc(Cl)cc(Cl)c1)S(C)(=O)=O. The lowest BCUT2D eigenvalue weighted by molar-refractivity contribution is -0.122. The Morgan fingerprint density at radius 3 is 2.18 bits per heavy atom. The van der Waals surface area contributed by atoms with E-state index in [1.54, 1.807) is 0 Å². The van der Waals surface area contributed by atoms with Crippen LogP contribution in [0.3, 0.4) is 0 Å². The molecule has 2 atom stereocenters. The molecule has 8 heteroatoms. The Bertz CT molecular complexity index is 900. The quantitative estimate of drug-likeness (QED) is 0.662. The second-order valence-electron chi connectivity index (χ2n) is 6.80. The van der Waals surface area contributed by atoms with Gasteiger partial charge in [0.2, 0.25) is 15.9 Å². The van der Waals surface area contributed by atoms with Crippen molar-refractivity contribution >= 4 is 44.8 Å². The Labute approximate surface area is 176 Å². The molecule has 2 aromatic rings. The predicted octanol–water partition coefficient (Wildman–Crippen LogP) is 4.29. The van der Waals surface area contributed by atoms with Crippen LogP contribution in [0.2, 0.25) is 10.0 Å². The summed E-state index contributed by atoms with van der Waals surface area (Å²) in [7, 11) is -3.73. The van der Waals surface area contributed by atoms with E-state index in [1.807, 2.05) is 37.3 Å². The number of anilines is 1. The number of sulfonamides is 1. The molecule has 0 aromatic heterocycles. The van der Waals surface area contributed by atoms with E-state index in [1.165, 1.54) is 30.7 Å². The van der Waals surface area contributed by atoms with Crippen LogP contribution in [0.1, 0.15) is 25.8 Å². The Morgan fingerprint density at radius 2 is 1.64 bits per heavy atom. The molecule has 0 saturated carbocycles. The van der Waals surface area contributed by atoms with Crippen molar-refractivity contribution in [3.8, 4) is 0 Å². The fourth-order valence-electron chi connectivity index (χ4n) is 2.94. The zero-order valence-electron chi connectivity index (χ0n) is 16.0. The average Bonchev–Trinajstić information content (AvgIpc) is 2.59. The first kappa shape index (κ1) is 22.5. The molecule has 2 rings (SSSR count). The van der Waals surface area contributed by atoms with Crippen LogP contribution < -0.4 is 9.62 Å². The van der Waals surface area contributed by atoms with Crippen molar-refractivity contribution < 1.29 is 13.2 Å². The minimum Gasteiger partial charge on any atom is -0.352 e. The van der Waals surface area contributed by atoms with Crippen LogP contribution in [-0.2, 0) is 21.2 Å². The van der Waals surface area contributed by atoms with Crippen LogP contribution in [0, 0.1) is 0 Å². The second kappa shape index (κ2) is 9.63. The molecule has 0 fully saturated rings. The largest absolute Gasteiger partial charge is 0.352 e. The highest BCUT2D eigenvalue weighted by molar-refractivity contribution is 7.92. The maximum absolute atomic E-state index is 12.7. The number of hydrogen-bond acceptors (Lipinski definition) is 3. The summed E-state index contributed by atoms with van der Waals surface area (Å²) >= 11 is 12.0. The van der Waals surface area contributed by atoms with Crippen molar-refractivity contribution in [2.24, 2.45) is 0 Å². The summed E-state index contributed by atoms with van der Waals surface area (Å²) in [5.74, 6) is -0.387. The topological polar surface area (TPSA) is 66.5 Å². The van der Waals surface area contributed by atoms with Gasteiger partial charge in [0.1, 0.15) is 6.04 Å². The van der Waals surface area contributed by atoms with E-state index in [0.29, 0.717) is 10.0 Å². The predicted molar refractivity (Wildman–Crippen MR) is 116 cm³/mol. The van der Waals surface area contributed by atoms with Gasteiger partial charge in [-0.3, -0.25) is 9.10 Å². The van der Waals surface area contributed by atoms with Crippen molar-refractivity contribution in [3.63, 3.8) is 0 Å².